The molecule has 2 aromatic rings. The molecule has 0 bridgehead atoms. The van der Waals surface area contributed by atoms with E-state index in [4.69, 9.17) is 23.7 Å². The van der Waals surface area contributed by atoms with Gasteiger partial charge >= 0.3 is 12.1 Å². The molecule has 0 spiro atoms. The first-order valence-corrected chi connectivity index (χ1v) is 21.5. The SMILES string of the molecule is CC[C@H]1OC(=O)[C@H](C)C(=O)[C@H](C)[C@@H](O[C@@H]2O[C@H](C)C[C@H](N(C)C)[C@H]2O)[C@@](C)(OC)C[C@@H](C)C(=O)[C@H](C)C2N(CCCCn3cnc(-c4ccccc4)c3)C(=O)O[C@@]21CC. The fourth-order valence-electron chi connectivity index (χ4n) is 9.81. The van der Waals surface area contributed by atoms with Crippen LogP contribution in [0.15, 0.2) is 42.9 Å². The second-order valence-corrected chi connectivity index (χ2v) is 17.6. The maximum Gasteiger partial charge on any atom is 0.410 e. The predicted octanol–water partition coefficient (Wildman–Crippen LogP) is 5.92. The summed E-state index contributed by atoms with van der Waals surface area (Å²) < 4.78 is 33.6. The molecule has 3 fully saturated rings. The molecule has 3 saturated heterocycles. The molecule has 0 aliphatic carbocycles. The molecule has 4 heterocycles. The molecule has 0 radical (unpaired) electrons. The summed E-state index contributed by atoms with van der Waals surface area (Å²) in [6, 6.07) is 8.90. The number of Topliss-reactive ketones (excluding diaryl/α,β-unsaturated/α-hetero) is 2. The summed E-state index contributed by atoms with van der Waals surface area (Å²) >= 11 is 0. The number of carbonyl (C=O) groups excluding carboxylic acids is 4. The van der Waals surface area contributed by atoms with Crippen molar-refractivity contribution in [2.75, 3.05) is 27.7 Å². The molecule has 3 aliphatic rings. The first-order valence-electron chi connectivity index (χ1n) is 21.5. The maximum atomic E-state index is 14.8. The summed E-state index contributed by atoms with van der Waals surface area (Å²) in [4.78, 5) is 65.4. The van der Waals surface area contributed by atoms with Crippen LogP contribution in [0.5, 0.6) is 0 Å². The number of likely N-dealkylation sites (N-methyl/N-ethyl adjacent to an activating group) is 1. The number of nitrogens with zero attached hydrogens (tertiary/aromatic N) is 4. The zero-order valence-corrected chi connectivity index (χ0v) is 37.0. The van der Waals surface area contributed by atoms with E-state index in [-0.39, 0.29) is 37.2 Å². The Morgan fingerprint density at radius 1 is 0.966 bits per heavy atom. The van der Waals surface area contributed by atoms with Gasteiger partial charge < -0.3 is 43.2 Å². The number of methoxy groups -OCH3 is 1. The van der Waals surface area contributed by atoms with E-state index in [1.165, 1.54) is 14.0 Å². The smallest absolute Gasteiger partial charge is 0.410 e. The monoisotopic (exact) mass is 824 g/mol. The van der Waals surface area contributed by atoms with Gasteiger partial charge in [-0.2, -0.15) is 0 Å². The van der Waals surface area contributed by atoms with Crippen LogP contribution in [0.2, 0.25) is 0 Å². The molecular weight excluding hydrogens is 757 g/mol. The van der Waals surface area contributed by atoms with Gasteiger partial charge in [0.05, 0.1) is 35.9 Å². The second kappa shape index (κ2) is 19.4. The summed E-state index contributed by atoms with van der Waals surface area (Å²) in [5.41, 5.74) is -0.711. The molecule has 1 N–H and O–H groups in total. The van der Waals surface area contributed by atoms with Crippen LogP contribution in [0.1, 0.15) is 93.9 Å². The lowest BCUT2D eigenvalue weighted by Gasteiger charge is -2.47. The normalized spacial score (nSPS) is 36.3. The number of carbonyl (C=O) groups is 4. The number of amides is 1. The number of aliphatic hydroxyl groups is 1. The van der Waals surface area contributed by atoms with Gasteiger partial charge in [0.15, 0.2) is 17.7 Å². The molecule has 1 aromatic heterocycles. The third kappa shape index (κ3) is 9.62. The lowest BCUT2D eigenvalue weighted by Crippen LogP contribution is -2.61. The zero-order valence-electron chi connectivity index (χ0n) is 37.0. The van der Waals surface area contributed by atoms with Crippen molar-refractivity contribution >= 4 is 23.6 Å². The summed E-state index contributed by atoms with van der Waals surface area (Å²) in [6.45, 7) is 15.2. The first-order chi connectivity index (χ1) is 27.9. The zero-order chi connectivity index (χ0) is 43.4. The molecule has 59 heavy (non-hydrogen) atoms. The van der Waals surface area contributed by atoms with Crippen molar-refractivity contribution in [3.63, 3.8) is 0 Å². The largest absolute Gasteiger partial charge is 0.457 e. The fraction of sp³-hybridized carbons (Fsp3) is 0.711. The molecular formula is C45H68N4O10. The van der Waals surface area contributed by atoms with Crippen LogP contribution in [-0.2, 0) is 44.6 Å². The van der Waals surface area contributed by atoms with Crippen molar-refractivity contribution < 1.29 is 48.0 Å². The third-order valence-electron chi connectivity index (χ3n) is 13.3. The number of hydrogen-bond acceptors (Lipinski definition) is 12. The van der Waals surface area contributed by atoms with E-state index in [1.54, 1.807) is 25.1 Å². The number of aromatic nitrogens is 2. The highest BCUT2D eigenvalue weighted by Gasteiger charge is 2.62. The van der Waals surface area contributed by atoms with Crippen molar-refractivity contribution in [1.29, 1.82) is 0 Å². The third-order valence-corrected chi connectivity index (χ3v) is 13.3. The molecule has 1 amide bonds. The number of aryl methyl sites for hydroxylation is 1. The first kappa shape index (κ1) is 46.4. The van der Waals surface area contributed by atoms with Gasteiger partial charge in [-0.3, -0.25) is 14.4 Å². The Morgan fingerprint density at radius 2 is 1.64 bits per heavy atom. The van der Waals surface area contributed by atoms with E-state index < -0.39 is 83.4 Å². The standard InChI is InChI=1S/C45H68N4O10/c1-12-35-45(13-2)39(49(43(54)59-45)22-18-17-21-48-25-33(46-26-48)32-19-15-14-16-20-32)29(5)36(50)27(3)24-44(8,55-11)40(30(6)37(51)31(7)41(53)57-35)58-42-38(52)34(47(9)10)23-28(4)56-42/h14-16,19-20,25-31,34-35,38-40,42,52H,12-13,17-18,21-24H2,1-11H3/t27-,28-,29+,30+,31-,34+,35-,38-,39?,40-,42+,44+,45-/m1/s1. The van der Waals surface area contributed by atoms with Gasteiger partial charge in [0, 0.05) is 55.8 Å². The number of benzene rings is 1. The van der Waals surface area contributed by atoms with E-state index in [0.717, 1.165) is 17.7 Å². The van der Waals surface area contributed by atoms with Gasteiger partial charge in [0.2, 0.25) is 0 Å². The molecule has 1 aromatic carbocycles. The Morgan fingerprint density at radius 3 is 2.27 bits per heavy atom. The number of ketones is 2. The van der Waals surface area contributed by atoms with Gasteiger partial charge in [-0.1, -0.05) is 65.0 Å². The number of esters is 1. The van der Waals surface area contributed by atoms with Gasteiger partial charge in [0.1, 0.15) is 23.9 Å². The summed E-state index contributed by atoms with van der Waals surface area (Å²) in [5.74, 6) is -4.89. The number of cyclic esters (lactones) is 1. The Balaban J connectivity index is 1.46. The van der Waals surface area contributed by atoms with Crippen LogP contribution < -0.4 is 0 Å². The minimum atomic E-state index is -1.35. The van der Waals surface area contributed by atoms with Crippen molar-refractivity contribution in [3.8, 4) is 11.3 Å². The van der Waals surface area contributed by atoms with Gasteiger partial charge in [-0.15, -0.1) is 0 Å². The molecule has 0 saturated carbocycles. The molecule has 328 valence electrons. The Bertz CT molecular complexity index is 1750. The fourth-order valence-corrected chi connectivity index (χ4v) is 9.81. The molecule has 3 aliphatic heterocycles. The topological polar surface area (TPSA) is 159 Å². The van der Waals surface area contributed by atoms with Gasteiger partial charge in [0.25, 0.3) is 0 Å². The number of rotatable bonds is 12. The van der Waals surface area contributed by atoms with Crippen molar-refractivity contribution in [2.45, 2.75) is 154 Å². The molecule has 13 atom stereocenters. The highest BCUT2D eigenvalue weighted by atomic mass is 16.7. The second-order valence-electron chi connectivity index (χ2n) is 17.6. The Kier molecular flexibility index (Phi) is 15.2. The minimum absolute atomic E-state index is 0.133. The lowest BCUT2D eigenvalue weighted by molar-refractivity contribution is -0.295. The Hall–Kier alpha value is -3.69. The lowest BCUT2D eigenvalue weighted by atomic mass is 9.72. The van der Waals surface area contributed by atoms with Gasteiger partial charge in [-0.05, 0) is 73.4 Å². The number of hydrogen-bond donors (Lipinski definition) is 1. The van der Waals surface area contributed by atoms with E-state index >= 15 is 0 Å². The summed E-state index contributed by atoms with van der Waals surface area (Å²) in [5, 5.41) is 11.5. The number of unbranched alkanes of at least 4 members (excludes halogenated alkanes) is 1. The van der Waals surface area contributed by atoms with E-state index in [0.29, 0.717) is 25.9 Å². The number of imidazole rings is 1. The maximum absolute atomic E-state index is 14.8. The van der Waals surface area contributed by atoms with Crippen molar-refractivity contribution in [2.24, 2.45) is 23.7 Å². The van der Waals surface area contributed by atoms with E-state index in [9.17, 15) is 24.3 Å². The number of ether oxygens (including phenoxy) is 5. The highest BCUT2D eigenvalue weighted by Crippen LogP contribution is 2.45. The van der Waals surface area contributed by atoms with Gasteiger partial charge in [-0.25, -0.2) is 9.78 Å². The van der Waals surface area contributed by atoms with Crippen LogP contribution >= 0.6 is 0 Å². The van der Waals surface area contributed by atoms with Crippen LogP contribution in [0.4, 0.5) is 4.79 Å². The molecule has 14 heteroatoms. The number of fused-ring (bicyclic) bond motifs is 1. The molecule has 14 nitrogen and oxygen atoms in total. The summed E-state index contributed by atoms with van der Waals surface area (Å²) in [7, 11) is 5.26. The van der Waals surface area contributed by atoms with E-state index in [2.05, 4.69) is 4.98 Å². The highest BCUT2D eigenvalue weighted by molar-refractivity contribution is 6.00. The minimum Gasteiger partial charge on any atom is -0.457 e. The van der Waals surface area contributed by atoms with Crippen LogP contribution in [0.3, 0.4) is 0 Å². The average Bonchev–Trinajstić information content (AvgIpc) is 3.82. The summed E-state index contributed by atoms with van der Waals surface area (Å²) in [6.07, 6.45) is 1.44. The Labute approximate surface area is 350 Å². The van der Waals surface area contributed by atoms with Crippen LogP contribution in [-0.4, -0.2) is 130 Å². The van der Waals surface area contributed by atoms with E-state index in [1.807, 2.05) is 94.7 Å². The van der Waals surface area contributed by atoms with Crippen LogP contribution in [0, 0.1) is 23.7 Å². The molecule has 1 unspecified atom stereocenters. The quantitative estimate of drug-likeness (QED) is 0.153. The van der Waals surface area contributed by atoms with Crippen LogP contribution in [0.25, 0.3) is 11.3 Å². The van der Waals surface area contributed by atoms with Crippen molar-refractivity contribution in [1.82, 2.24) is 19.4 Å². The molecule has 5 rings (SSSR count). The average molecular weight is 825 g/mol. The van der Waals surface area contributed by atoms with Crippen molar-refractivity contribution in [3.05, 3.63) is 42.9 Å². The number of aliphatic hydroxyl groups excluding tert-OH is 1. The predicted molar refractivity (Wildman–Crippen MR) is 221 cm³/mol.